The first kappa shape index (κ1) is 16.0. The Balaban J connectivity index is 1.96. The number of carbonyl (C=O) groups excluding carboxylic acids is 1. The quantitative estimate of drug-likeness (QED) is 0.882. The lowest BCUT2D eigenvalue weighted by atomic mass is 10.3. The van der Waals surface area contributed by atoms with Crippen LogP contribution in [0.25, 0.3) is 0 Å². The van der Waals surface area contributed by atoms with Crippen LogP contribution in [0.3, 0.4) is 0 Å². The summed E-state index contributed by atoms with van der Waals surface area (Å²) in [5.74, 6) is 0.559. The van der Waals surface area contributed by atoms with Gasteiger partial charge in [-0.25, -0.2) is 13.6 Å². The molecule has 0 fully saturated rings. The molecule has 0 aliphatic rings. The van der Waals surface area contributed by atoms with E-state index in [4.69, 9.17) is 16.3 Å². The molecule has 0 bridgehead atoms. The van der Waals surface area contributed by atoms with Gasteiger partial charge in [-0.15, -0.1) is 0 Å². The topological polar surface area (TPSA) is 68.2 Å². The summed E-state index contributed by atoms with van der Waals surface area (Å²) in [6.07, 6.45) is 0.0681. The van der Waals surface area contributed by atoms with Gasteiger partial charge in [-0.3, -0.25) is 4.68 Å². The zero-order valence-electron chi connectivity index (χ0n) is 11.5. The highest BCUT2D eigenvalue weighted by atomic mass is 35.5. The lowest BCUT2D eigenvalue weighted by Crippen LogP contribution is -2.19. The number of nitrogens with one attached hydrogen (secondary N) is 2. The van der Waals surface area contributed by atoms with Crippen molar-refractivity contribution in [3.63, 3.8) is 0 Å². The highest BCUT2D eigenvalue weighted by Gasteiger charge is 2.10. The predicted octanol–water partition coefficient (Wildman–Crippen LogP) is 3.45. The number of halogens is 3. The van der Waals surface area contributed by atoms with Crippen molar-refractivity contribution in [3.05, 3.63) is 35.6 Å². The van der Waals surface area contributed by atoms with Crippen molar-refractivity contribution in [1.29, 1.82) is 0 Å². The molecule has 0 saturated carbocycles. The fourth-order valence-corrected chi connectivity index (χ4v) is 1.90. The number of ether oxygens (including phenoxy) is 1. The summed E-state index contributed by atoms with van der Waals surface area (Å²) in [5.41, 5.74) is 0.683. The van der Waals surface area contributed by atoms with Gasteiger partial charge in [0, 0.05) is 12.3 Å². The minimum Gasteiger partial charge on any atom is -0.497 e. The zero-order valence-corrected chi connectivity index (χ0v) is 12.3. The summed E-state index contributed by atoms with van der Waals surface area (Å²) in [4.78, 5) is 11.8. The van der Waals surface area contributed by atoms with E-state index in [2.05, 4.69) is 15.7 Å². The maximum Gasteiger partial charge on any atom is 0.323 e. The van der Waals surface area contributed by atoms with E-state index in [-0.39, 0.29) is 0 Å². The van der Waals surface area contributed by atoms with E-state index in [9.17, 15) is 13.6 Å². The number of nitrogens with zero attached hydrogens (tertiary/aromatic N) is 2. The normalized spacial score (nSPS) is 10.6. The van der Waals surface area contributed by atoms with E-state index >= 15 is 0 Å². The molecule has 0 aliphatic carbocycles. The summed E-state index contributed by atoms with van der Waals surface area (Å²) in [6, 6.07) is 4.21. The van der Waals surface area contributed by atoms with Crippen LogP contribution in [0, 0.1) is 0 Å². The maximum atomic E-state index is 12.2. The summed E-state index contributed by atoms with van der Waals surface area (Å²) < 4.78 is 30.4. The number of anilines is 2. The van der Waals surface area contributed by atoms with Gasteiger partial charge in [-0.2, -0.15) is 5.10 Å². The van der Waals surface area contributed by atoms with Gasteiger partial charge in [0.2, 0.25) is 0 Å². The number of benzene rings is 1. The van der Waals surface area contributed by atoms with Crippen LogP contribution >= 0.6 is 11.6 Å². The Hall–Kier alpha value is -2.35. The monoisotopic (exact) mass is 330 g/mol. The molecule has 0 radical (unpaired) electrons. The Labute approximate surface area is 130 Å². The fraction of sp³-hybridized carbons (Fsp3) is 0.231. The van der Waals surface area contributed by atoms with Crippen LogP contribution in [-0.2, 0) is 6.54 Å². The lowest BCUT2D eigenvalue weighted by Gasteiger charge is -2.09. The van der Waals surface area contributed by atoms with Gasteiger partial charge in [0.15, 0.2) is 0 Å². The second kappa shape index (κ2) is 7.08. The van der Waals surface area contributed by atoms with E-state index < -0.39 is 19.0 Å². The highest BCUT2D eigenvalue weighted by Crippen LogP contribution is 2.26. The standard InChI is InChI=1S/C13H13ClF2N4O2/c1-22-9-2-3-11(10(14)4-9)19-13(21)18-8-5-17-20(6-8)7-12(15)16/h2-6,12H,7H2,1H3,(H2,18,19,21). The molecule has 0 spiro atoms. The minimum atomic E-state index is -2.51. The Morgan fingerprint density at radius 3 is 2.86 bits per heavy atom. The first-order valence-corrected chi connectivity index (χ1v) is 6.58. The van der Waals surface area contributed by atoms with Gasteiger partial charge in [0.25, 0.3) is 6.43 Å². The molecule has 22 heavy (non-hydrogen) atoms. The van der Waals surface area contributed by atoms with E-state index in [0.717, 1.165) is 4.68 Å². The Kier molecular flexibility index (Phi) is 5.16. The van der Waals surface area contributed by atoms with Crippen molar-refractivity contribution in [2.24, 2.45) is 0 Å². The summed E-state index contributed by atoms with van der Waals surface area (Å²) >= 11 is 5.99. The molecular weight excluding hydrogens is 318 g/mol. The average molecular weight is 331 g/mol. The van der Waals surface area contributed by atoms with Crippen LogP contribution in [0.4, 0.5) is 25.0 Å². The molecule has 0 atom stereocenters. The molecular formula is C13H13ClF2N4O2. The molecule has 0 saturated heterocycles. The molecule has 2 aromatic rings. The van der Waals surface area contributed by atoms with Gasteiger partial charge < -0.3 is 15.4 Å². The largest absolute Gasteiger partial charge is 0.497 e. The fourth-order valence-electron chi connectivity index (χ4n) is 1.68. The van der Waals surface area contributed by atoms with Gasteiger partial charge in [-0.1, -0.05) is 11.6 Å². The first-order chi connectivity index (χ1) is 10.5. The maximum absolute atomic E-state index is 12.2. The Morgan fingerprint density at radius 2 is 2.23 bits per heavy atom. The van der Waals surface area contributed by atoms with Crippen LogP contribution in [-0.4, -0.2) is 29.3 Å². The van der Waals surface area contributed by atoms with Crippen LogP contribution in [0.15, 0.2) is 30.6 Å². The number of amides is 2. The average Bonchev–Trinajstić information content (AvgIpc) is 2.87. The van der Waals surface area contributed by atoms with Gasteiger partial charge in [0.05, 0.1) is 29.7 Å². The number of hydrogen-bond acceptors (Lipinski definition) is 3. The third kappa shape index (κ3) is 4.32. The van der Waals surface area contributed by atoms with Crippen molar-refractivity contribution in [1.82, 2.24) is 9.78 Å². The second-order valence-corrected chi connectivity index (χ2v) is 4.67. The number of urea groups is 1. The van der Waals surface area contributed by atoms with Gasteiger partial charge in [0.1, 0.15) is 12.3 Å². The molecule has 2 rings (SSSR count). The van der Waals surface area contributed by atoms with Crippen molar-refractivity contribution in [3.8, 4) is 5.75 Å². The van der Waals surface area contributed by atoms with E-state index in [1.807, 2.05) is 0 Å². The first-order valence-electron chi connectivity index (χ1n) is 6.20. The highest BCUT2D eigenvalue weighted by molar-refractivity contribution is 6.34. The third-order valence-electron chi connectivity index (χ3n) is 2.64. The molecule has 1 aromatic heterocycles. The molecule has 2 N–H and O–H groups in total. The number of carbonyl (C=O) groups is 1. The third-order valence-corrected chi connectivity index (χ3v) is 2.95. The summed E-state index contributed by atoms with van der Waals surface area (Å²) in [5, 5.41) is 9.03. The van der Waals surface area contributed by atoms with Gasteiger partial charge >= 0.3 is 6.03 Å². The van der Waals surface area contributed by atoms with Crippen molar-refractivity contribution in [2.75, 3.05) is 17.7 Å². The Morgan fingerprint density at radius 1 is 1.45 bits per heavy atom. The van der Waals surface area contributed by atoms with Crippen LogP contribution < -0.4 is 15.4 Å². The van der Waals surface area contributed by atoms with Crippen LogP contribution in [0.1, 0.15) is 0 Å². The molecule has 118 valence electrons. The van der Waals surface area contributed by atoms with Crippen LogP contribution in [0.5, 0.6) is 5.75 Å². The van der Waals surface area contributed by atoms with Crippen LogP contribution in [0.2, 0.25) is 5.02 Å². The summed E-state index contributed by atoms with van der Waals surface area (Å²) in [7, 11) is 1.50. The van der Waals surface area contributed by atoms with Crippen molar-refractivity contribution < 1.29 is 18.3 Å². The minimum absolute atomic E-state index is 0.294. The molecule has 0 unspecified atom stereocenters. The van der Waals surface area contributed by atoms with E-state index in [0.29, 0.717) is 22.1 Å². The molecule has 2 amide bonds. The van der Waals surface area contributed by atoms with Gasteiger partial charge in [-0.05, 0) is 12.1 Å². The molecule has 1 heterocycles. The second-order valence-electron chi connectivity index (χ2n) is 4.27. The van der Waals surface area contributed by atoms with E-state index in [1.165, 1.54) is 19.5 Å². The smallest absolute Gasteiger partial charge is 0.323 e. The number of aromatic nitrogens is 2. The van der Waals surface area contributed by atoms with E-state index in [1.54, 1.807) is 18.2 Å². The number of methoxy groups -OCH3 is 1. The lowest BCUT2D eigenvalue weighted by molar-refractivity contribution is 0.122. The summed E-state index contributed by atoms with van der Waals surface area (Å²) in [6.45, 7) is -0.534. The molecule has 9 heteroatoms. The number of rotatable bonds is 5. The molecule has 1 aromatic carbocycles. The number of hydrogen-bond donors (Lipinski definition) is 2. The zero-order chi connectivity index (χ0) is 16.1. The Bertz CT molecular complexity index is 663. The number of alkyl halides is 2. The molecule has 6 nitrogen and oxygen atoms in total. The van der Waals surface area contributed by atoms with Crippen molar-refractivity contribution in [2.45, 2.75) is 13.0 Å². The molecule has 0 aliphatic heterocycles. The SMILES string of the molecule is COc1ccc(NC(=O)Nc2cnn(CC(F)F)c2)c(Cl)c1. The predicted molar refractivity (Wildman–Crippen MR) is 78.9 cm³/mol. The van der Waals surface area contributed by atoms with Crippen molar-refractivity contribution >= 4 is 29.0 Å².